The molecule has 632 valence electrons. The van der Waals surface area contributed by atoms with E-state index in [0.717, 1.165) is 130 Å². The van der Waals surface area contributed by atoms with Crippen molar-refractivity contribution in [1.29, 1.82) is 0 Å². The average Bonchev–Trinajstić information content (AvgIpc) is 0.871. The molecule has 5 aromatic rings. The maximum Gasteiger partial charge on any atom is 0.118 e. The van der Waals surface area contributed by atoms with Crippen LogP contribution in [-0.2, 0) is 0 Å². The third-order valence-electron chi connectivity index (χ3n) is 30.3. The normalized spacial score (nSPS) is 32.7. The molecule has 10 saturated carbocycles. The van der Waals surface area contributed by atoms with Crippen molar-refractivity contribution in [3.63, 3.8) is 0 Å². The number of benzene rings is 5. The molecular weight excluding hydrogens is 1350 g/mol. The van der Waals surface area contributed by atoms with Crippen molar-refractivity contribution in [2.45, 2.75) is 342 Å². The van der Waals surface area contributed by atoms with Crippen LogP contribution in [0.25, 0.3) is 0 Å². The molecule has 0 unspecified atom stereocenters. The molecule has 0 aromatic heterocycles. The number of methoxy groups -OCH3 is 2. The van der Waals surface area contributed by atoms with Crippen LogP contribution in [0.1, 0.15) is 380 Å². The quantitative estimate of drug-likeness (QED) is 0.0864. The number of rotatable bonds is 17. The SMILES string of the molecule is COc1ccc(C2CCC(/C=C/C3CCC(C)CC3)CC2)cc1.COc1ccc(C2CCC(/C=C/C3CCC(C)CC3)CC2)cc1.Cc1ccc(C2CCC(/C=C/C3CCC(C)CC3)CC2)cc1.Cc1ccc(C2CCC(/C=C/C3CCC(C)CC3)CC2)cc1.Cc1ccc(C2CCC(/C=C/C3CCC(C)CC3)CC2)cc1.[HH].[HH].[HH].[HH].[HH].[HH].[HH].[HH].[HH].[HH]. The topological polar surface area (TPSA) is 18.5 Å². The zero-order valence-corrected chi connectivity index (χ0v) is 73.0. The van der Waals surface area contributed by atoms with E-state index in [-0.39, 0.29) is 14.3 Å². The van der Waals surface area contributed by atoms with Crippen LogP contribution < -0.4 is 9.47 Å². The predicted octanol–water partition coefficient (Wildman–Crippen LogP) is 35.1. The Morgan fingerprint density at radius 1 is 0.188 bits per heavy atom. The zero-order valence-electron chi connectivity index (χ0n) is 73.0. The molecule has 10 aliphatic rings. The van der Waals surface area contributed by atoms with Crippen LogP contribution in [-0.4, -0.2) is 14.2 Å². The van der Waals surface area contributed by atoms with Gasteiger partial charge in [-0.2, -0.15) is 0 Å². The molecule has 0 bridgehead atoms. The third-order valence-corrected chi connectivity index (χ3v) is 30.3. The van der Waals surface area contributed by atoms with Gasteiger partial charge in [-0.15, -0.1) is 0 Å². The number of ether oxygens (including phenoxy) is 2. The summed E-state index contributed by atoms with van der Waals surface area (Å²) in [6, 6.07) is 45.1. The summed E-state index contributed by atoms with van der Waals surface area (Å²) >= 11 is 0. The third kappa shape index (κ3) is 29.8. The van der Waals surface area contributed by atoms with Crippen molar-refractivity contribution in [2.75, 3.05) is 14.2 Å². The standard InChI is InChI=1S/2C22H32O.3C22H32.10H2/c2*1-17-3-5-18(6-4-17)7-8-19-9-11-20(12-10-19)21-13-15-22(23-2)16-14-21;3*1-17-3-7-19(8-4-17)9-10-20-11-15-22(16-12-20)21-13-5-18(2)6-14-21;;;;;;;;;;/h2*7-8,13-20H,3-6,9-12H2,1-2H3;3*5-6,9-10,13-14,17,19-20,22H,3-4,7-8,11-12,15-16H2,1-2H3;10*1H/b2*8-7+;3*10-9+;;;;;;;;;;. The summed E-state index contributed by atoms with van der Waals surface area (Å²) in [6.07, 6.45) is 81.6. The Balaban J connectivity index is 0.000000747. The van der Waals surface area contributed by atoms with E-state index >= 15 is 0 Å². The highest BCUT2D eigenvalue weighted by molar-refractivity contribution is 5.32. The average molecular weight is 1530 g/mol. The molecule has 0 heterocycles. The molecule has 10 aliphatic carbocycles. The van der Waals surface area contributed by atoms with E-state index in [9.17, 15) is 0 Å². The molecule has 15 rings (SSSR count). The fraction of sp³-hybridized carbons (Fsp3) is 0.636. The minimum atomic E-state index is 0. The molecule has 5 aromatic carbocycles. The number of hydrogen-bond donors (Lipinski definition) is 0. The van der Waals surface area contributed by atoms with Crippen LogP contribution in [0.3, 0.4) is 0 Å². The lowest BCUT2D eigenvalue weighted by Crippen LogP contribution is -2.13. The molecule has 112 heavy (non-hydrogen) atoms. The van der Waals surface area contributed by atoms with Gasteiger partial charge in [-0.1, -0.05) is 273 Å². The van der Waals surface area contributed by atoms with Gasteiger partial charge in [0.05, 0.1) is 14.2 Å². The highest BCUT2D eigenvalue weighted by Gasteiger charge is 2.29. The second-order valence-corrected chi connectivity index (χ2v) is 39.4. The smallest absolute Gasteiger partial charge is 0.118 e. The first-order valence-electron chi connectivity index (χ1n) is 47.5. The minimum Gasteiger partial charge on any atom is -0.497 e. The van der Waals surface area contributed by atoms with Gasteiger partial charge in [-0.25, -0.2) is 0 Å². The summed E-state index contributed by atoms with van der Waals surface area (Å²) in [5.74, 6) is 19.2. The van der Waals surface area contributed by atoms with Crippen molar-refractivity contribution >= 4 is 0 Å². The van der Waals surface area contributed by atoms with Crippen molar-refractivity contribution in [2.24, 2.45) is 88.8 Å². The van der Waals surface area contributed by atoms with Gasteiger partial charge in [0.1, 0.15) is 11.5 Å². The van der Waals surface area contributed by atoms with Crippen LogP contribution >= 0.6 is 0 Å². The molecule has 0 atom stereocenters. The monoisotopic (exact) mass is 1530 g/mol. The molecule has 0 aliphatic heterocycles. The highest BCUT2D eigenvalue weighted by Crippen LogP contribution is 2.44. The van der Waals surface area contributed by atoms with E-state index in [2.05, 4.69) is 237 Å². The fourth-order valence-electron chi connectivity index (χ4n) is 21.5. The predicted molar refractivity (Wildman–Crippen MR) is 505 cm³/mol. The first-order chi connectivity index (χ1) is 54.6. The summed E-state index contributed by atoms with van der Waals surface area (Å²) in [5, 5.41) is 0. The van der Waals surface area contributed by atoms with Gasteiger partial charge in [-0.3, -0.25) is 0 Å². The van der Waals surface area contributed by atoms with Gasteiger partial charge >= 0.3 is 0 Å². The van der Waals surface area contributed by atoms with E-state index in [0.29, 0.717) is 0 Å². The molecule has 2 nitrogen and oxygen atoms in total. The zero-order chi connectivity index (χ0) is 78.2. The minimum absolute atomic E-state index is 0. The van der Waals surface area contributed by atoms with Gasteiger partial charge in [0.15, 0.2) is 0 Å². The molecule has 0 amide bonds. The Kier molecular flexibility index (Phi) is 36.6. The van der Waals surface area contributed by atoms with E-state index < -0.39 is 0 Å². The van der Waals surface area contributed by atoms with Crippen molar-refractivity contribution < 1.29 is 23.7 Å². The van der Waals surface area contributed by atoms with E-state index in [1.54, 1.807) is 30.9 Å². The summed E-state index contributed by atoms with van der Waals surface area (Å²) in [4.78, 5) is 0. The van der Waals surface area contributed by atoms with Gasteiger partial charge in [0.2, 0.25) is 0 Å². The lowest BCUT2D eigenvalue weighted by atomic mass is 9.77. The second-order valence-electron chi connectivity index (χ2n) is 39.4. The summed E-state index contributed by atoms with van der Waals surface area (Å²) in [6.45, 7) is 18.6. The Labute approximate surface area is 702 Å². The van der Waals surface area contributed by atoms with Gasteiger partial charge < -0.3 is 9.47 Å². The van der Waals surface area contributed by atoms with E-state index in [1.165, 1.54) is 285 Å². The molecule has 10 fully saturated rings. The molecule has 0 radical (unpaired) electrons. The van der Waals surface area contributed by atoms with Gasteiger partial charge in [-0.05, 0) is 384 Å². The van der Waals surface area contributed by atoms with Crippen LogP contribution in [0.2, 0.25) is 0 Å². The maximum absolute atomic E-state index is 5.26. The van der Waals surface area contributed by atoms with Crippen molar-refractivity contribution in [3.8, 4) is 11.5 Å². The van der Waals surface area contributed by atoms with Crippen LogP contribution in [0, 0.1) is 110 Å². The van der Waals surface area contributed by atoms with E-state index in [1.807, 2.05) is 0 Å². The lowest BCUT2D eigenvalue weighted by molar-refractivity contribution is 0.327. The largest absolute Gasteiger partial charge is 0.497 e. The number of aryl methyl sites for hydroxylation is 3. The van der Waals surface area contributed by atoms with Gasteiger partial charge in [0.25, 0.3) is 0 Å². The molecule has 0 N–H and O–H groups in total. The summed E-state index contributed by atoms with van der Waals surface area (Å²) in [7, 11) is 3.47. The summed E-state index contributed by atoms with van der Waals surface area (Å²) in [5.41, 5.74) is 11.8. The summed E-state index contributed by atoms with van der Waals surface area (Å²) < 4.78 is 10.5. The number of hydrogen-bond acceptors (Lipinski definition) is 2. The second kappa shape index (κ2) is 47.0. The lowest BCUT2D eigenvalue weighted by Gasteiger charge is -2.28. The molecular formula is C110H180O2. The van der Waals surface area contributed by atoms with E-state index in [4.69, 9.17) is 9.47 Å². The fourth-order valence-corrected chi connectivity index (χ4v) is 21.5. The van der Waals surface area contributed by atoms with Crippen molar-refractivity contribution in [3.05, 3.63) is 227 Å². The molecule has 0 spiro atoms. The maximum atomic E-state index is 5.26. The Hall–Kier alpha value is -5.60. The first-order valence-corrected chi connectivity index (χ1v) is 47.5. The molecule has 0 saturated heterocycles. The molecule has 2 heteroatoms. The van der Waals surface area contributed by atoms with Crippen LogP contribution in [0.4, 0.5) is 0 Å². The van der Waals surface area contributed by atoms with Crippen LogP contribution in [0.5, 0.6) is 11.5 Å². The number of allylic oxidation sites excluding steroid dienone is 10. The first kappa shape index (κ1) is 87.2. The van der Waals surface area contributed by atoms with Crippen molar-refractivity contribution in [1.82, 2.24) is 0 Å². The Morgan fingerprint density at radius 2 is 0.312 bits per heavy atom. The van der Waals surface area contributed by atoms with Crippen LogP contribution in [0.15, 0.2) is 182 Å². The Morgan fingerprint density at radius 3 is 0.446 bits per heavy atom. The highest BCUT2D eigenvalue weighted by atomic mass is 16.5. The van der Waals surface area contributed by atoms with Gasteiger partial charge in [0, 0.05) is 14.3 Å². The Bertz CT molecular complexity index is 3200.